The van der Waals surface area contributed by atoms with E-state index in [1.807, 2.05) is 19.1 Å². The van der Waals surface area contributed by atoms with Crippen molar-refractivity contribution in [1.82, 2.24) is 0 Å². The number of aryl methyl sites for hydroxylation is 1. The normalized spacial score (nSPS) is 20.8. The molecule has 6 heteroatoms. The zero-order valence-corrected chi connectivity index (χ0v) is 9.44. The zero-order chi connectivity index (χ0) is 11.9. The van der Waals surface area contributed by atoms with Crippen LogP contribution in [-0.2, 0) is 14.9 Å². The lowest BCUT2D eigenvalue weighted by atomic mass is 10.1. The molecular formula is C10H11NO4S. The Bertz CT molecular complexity index is 520. The third-order valence-corrected chi connectivity index (χ3v) is 3.61. The van der Waals surface area contributed by atoms with Crippen LogP contribution in [0.15, 0.2) is 24.3 Å². The van der Waals surface area contributed by atoms with Crippen molar-refractivity contribution in [3.63, 3.8) is 0 Å². The molecule has 1 fully saturated rings. The summed E-state index contributed by atoms with van der Waals surface area (Å²) in [4.78, 5) is 12.5. The van der Waals surface area contributed by atoms with Crippen molar-refractivity contribution >= 4 is 21.6 Å². The summed E-state index contributed by atoms with van der Waals surface area (Å²) in [6, 6.07) is 7.08. The van der Waals surface area contributed by atoms with E-state index in [9.17, 15) is 13.2 Å². The van der Waals surface area contributed by atoms with E-state index in [-0.39, 0.29) is 6.54 Å². The Morgan fingerprint density at radius 1 is 1.31 bits per heavy atom. The van der Waals surface area contributed by atoms with Gasteiger partial charge >= 0.3 is 0 Å². The lowest BCUT2D eigenvalue weighted by Gasteiger charge is -2.38. The molecule has 86 valence electrons. The van der Waals surface area contributed by atoms with E-state index in [0.717, 1.165) is 5.56 Å². The number of anilines is 1. The molecule has 0 radical (unpaired) electrons. The third kappa shape index (κ3) is 1.81. The monoisotopic (exact) mass is 241 g/mol. The minimum Gasteiger partial charge on any atom is -0.339 e. The van der Waals surface area contributed by atoms with Gasteiger partial charge in [-0.3, -0.25) is 9.35 Å². The molecule has 0 aliphatic carbocycles. The average Bonchev–Trinajstić information content (AvgIpc) is 2.13. The van der Waals surface area contributed by atoms with E-state index in [1.54, 1.807) is 12.1 Å². The van der Waals surface area contributed by atoms with Gasteiger partial charge in [0.1, 0.15) is 0 Å². The van der Waals surface area contributed by atoms with Gasteiger partial charge in [-0.05, 0) is 19.1 Å². The van der Waals surface area contributed by atoms with Crippen molar-refractivity contribution in [2.24, 2.45) is 0 Å². The Balaban J connectivity index is 2.30. The maximum Gasteiger partial charge on any atom is 0.293 e. The van der Waals surface area contributed by atoms with E-state index in [0.29, 0.717) is 5.69 Å². The summed E-state index contributed by atoms with van der Waals surface area (Å²) in [5.41, 5.74) is 1.66. The minimum absolute atomic E-state index is 0.0213. The Morgan fingerprint density at radius 2 is 1.88 bits per heavy atom. The standard InChI is InChI=1S/C10H11NO4S/c1-7-2-4-8(5-3-7)11-6-9(12)10(11)16(13,14)15/h2-5,10H,6H2,1H3,(H,13,14,15). The van der Waals surface area contributed by atoms with Crippen molar-refractivity contribution < 1.29 is 17.8 Å². The second-order valence-corrected chi connectivity index (χ2v) is 5.27. The van der Waals surface area contributed by atoms with Crippen molar-refractivity contribution in [2.75, 3.05) is 11.4 Å². The fraction of sp³-hybridized carbons (Fsp3) is 0.300. The lowest BCUT2D eigenvalue weighted by molar-refractivity contribution is -0.121. The van der Waals surface area contributed by atoms with Gasteiger partial charge in [0.2, 0.25) is 5.37 Å². The highest BCUT2D eigenvalue weighted by Gasteiger charge is 2.46. The Hall–Kier alpha value is -1.40. The van der Waals surface area contributed by atoms with Crippen molar-refractivity contribution in [2.45, 2.75) is 12.3 Å². The van der Waals surface area contributed by atoms with Crippen LogP contribution in [0.1, 0.15) is 5.56 Å². The molecule has 2 rings (SSSR count). The molecule has 1 unspecified atom stereocenters. The molecule has 0 aromatic heterocycles. The second-order valence-electron chi connectivity index (χ2n) is 3.80. The van der Waals surface area contributed by atoms with Gasteiger partial charge in [-0.15, -0.1) is 0 Å². The predicted octanol–water partition coefficient (Wildman–Crippen LogP) is 0.598. The summed E-state index contributed by atoms with van der Waals surface area (Å²) in [7, 11) is -4.35. The number of hydrogen-bond donors (Lipinski definition) is 1. The molecule has 1 aromatic carbocycles. The van der Waals surface area contributed by atoms with E-state index in [4.69, 9.17) is 4.55 Å². The lowest BCUT2D eigenvalue weighted by Crippen LogP contribution is -2.61. The minimum atomic E-state index is -4.35. The summed E-state index contributed by atoms with van der Waals surface area (Å²) in [5, 5.41) is -1.43. The second kappa shape index (κ2) is 3.57. The fourth-order valence-corrected chi connectivity index (χ4v) is 2.60. The van der Waals surface area contributed by atoms with Gasteiger partial charge in [-0.25, -0.2) is 0 Å². The summed E-state index contributed by atoms with van der Waals surface area (Å²) in [6.07, 6.45) is 0. The van der Waals surface area contributed by atoms with Crippen LogP contribution in [0.4, 0.5) is 5.69 Å². The molecule has 0 saturated carbocycles. The summed E-state index contributed by atoms with van der Waals surface area (Å²) >= 11 is 0. The van der Waals surface area contributed by atoms with Crippen LogP contribution in [0.3, 0.4) is 0 Å². The number of ketones is 1. The van der Waals surface area contributed by atoms with Gasteiger partial charge in [-0.1, -0.05) is 17.7 Å². The van der Waals surface area contributed by atoms with Crippen LogP contribution in [-0.4, -0.2) is 30.7 Å². The highest BCUT2D eigenvalue weighted by atomic mass is 32.2. The molecular weight excluding hydrogens is 230 g/mol. The number of carbonyl (C=O) groups is 1. The first-order chi connectivity index (χ1) is 7.39. The van der Waals surface area contributed by atoms with Gasteiger partial charge in [0.15, 0.2) is 5.78 Å². The first-order valence-corrected chi connectivity index (χ1v) is 6.22. The van der Waals surface area contributed by atoms with Gasteiger partial charge < -0.3 is 4.90 Å². The molecule has 5 nitrogen and oxygen atoms in total. The Morgan fingerprint density at radius 3 is 2.31 bits per heavy atom. The number of rotatable bonds is 2. The topological polar surface area (TPSA) is 74.7 Å². The largest absolute Gasteiger partial charge is 0.339 e. The van der Waals surface area contributed by atoms with E-state index in [1.165, 1.54) is 4.90 Å². The van der Waals surface area contributed by atoms with Crippen LogP contribution >= 0.6 is 0 Å². The van der Waals surface area contributed by atoms with Crippen LogP contribution in [0.2, 0.25) is 0 Å². The maximum atomic E-state index is 11.1. The van der Waals surface area contributed by atoms with Gasteiger partial charge in [0.05, 0.1) is 6.54 Å². The van der Waals surface area contributed by atoms with Crippen LogP contribution < -0.4 is 4.90 Å². The Labute approximate surface area is 93.4 Å². The molecule has 16 heavy (non-hydrogen) atoms. The van der Waals surface area contributed by atoms with Crippen LogP contribution in [0, 0.1) is 6.92 Å². The zero-order valence-electron chi connectivity index (χ0n) is 8.62. The van der Waals surface area contributed by atoms with Gasteiger partial charge in [0, 0.05) is 5.69 Å². The maximum absolute atomic E-state index is 11.1. The van der Waals surface area contributed by atoms with Crippen LogP contribution in [0.25, 0.3) is 0 Å². The number of hydrogen-bond acceptors (Lipinski definition) is 4. The molecule has 1 atom stereocenters. The number of benzene rings is 1. The highest BCUT2D eigenvalue weighted by Crippen LogP contribution is 2.27. The Kier molecular flexibility index (Phi) is 2.47. The molecule has 0 bridgehead atoms. The van der Waals surface area contributed by atoms with Crippen LogP contribution in [0.5, 0.6) is 0 Å². The SMILES string of the molecule is Cc1ccc(N2CC(=O)C2S(=O)(=O)O)cc1. The molecule has 1 saturated heterocycles. The first-order valence-electron chi connectivity index (χ1n) is 4.72. The molecule has 1 aliphatic heterocycles. The van der Waals surface area contributed by atoms with Crippen molar-refractivity contribution in [3.05, 3.63) is 29.8 Å². The first kappa shape index (κ1) is 11.1. The summed E-state index contributed by atoms with van der Waals surface area (Å²) in [5.74, 6) is -0.483. The van der Waals surface area contributed by atoms with Gasteiger partial charge in [-0.2, -0.15) is 8.42 Å². The van der Waals surface area contributed by atoms with E-state index < -0.39 is 21.3 Å². The summed E-state index contributed by atoms with van der Waals surface area (Å²) in [6.45, 7) is 1.93. The van der Waals surface area contributed by atoms with Crippen molar-refractivity contribution in [1.29, 1.82) is 0 Å². The molecule has 1 aromatic rings. The van der Waals surface area contributed by atoms with E-state index in [2.05, 4.69) is 0 Å². The number of Topliss-reactive ketones (excluding diaryl/α,β-unsaturated/α-hetero) is 1. The number of carbonyl (C=O) groups excluding carboxylic acids is 1. The molecule has 1 heterocycles. The smallest absolute Gasteiger partial charge is 0.293 e. The fourth-order valence-electron chi connectivity index (χ4n) is 1.68. The predicted molar refractivity (Wildman–Crippen MR) is 58.9 cm³/mol. The third-order valence-electron chi connectivity index (χ3n) is 2.53. The molecule has 1 N–H and O–H groups in total. The summed E-state index contributed by atoms with van der Waals surface area (Å²) < 4.78 is 30.8. The average molecular weight is 241 g/mol. The molecule has 1 aliphatic rings. The molecule has 0 spiro atoms. The molecule has 0 amide bonds. The van der Waals surface area contributed by atoms with Gasteiger partial charge in [0.25, 0.3) is 10.1 Å². The van der Waals surface area contributed by atoms with E-state index >= 15 is 0 Å². The highest BCUT2D eigenvalue weighted by molar-refractivity contribution is 7.87. The quantitative estimate of drug-likeness (QED) is 0.767. The van der Waals surface area contributed by atoms with Crippen molar-refractivity contribution in [3.8, 4) is 0 Å². The number of nitrogens with zero attached hydrogens (tertiary/aromatic N) is 1.